The first-order valence-electron chi connectivity index (χ1n) is 14.4. The van der Waals surface area contributed by atoms with Gasteiger partial charge in [0, 0.05) is 6.42 Å². The zero-order chi connectivity index (χ0) is 25.6. The molecule has 0 aromatic heterocycles. The van der Waals surface area contributed by atoms with Gasteiger partial charge in [0.15, 0.2) is 11.5 Å². The van der Waals surface area contributed by atoms with Gasteiger partial charge in [0.25, 0.3) is 0 Å². The zero-order valence-corrected chi connectivity index (χ0v) is 22.9. The number of carboxylic acid groups (broad SMARTS) is 1. The van der Waals surface area contributed by atoms with Crippen molar-refractivity contribution in [3.05, 3.63) is 17.7 Å². The average Bonchev–Trinajstić information content (AvgIpc) is 2.85. The van der Waals surface area contributed by atoms with E-state index in [-0.39, 0.29) is 6.42 Å². The molecule has 35 heavy (non-hydrogen) atoms. The third-order valence-electron chi connectivity index (χ3n) is 6.21. The van der Waals surface area contributed by atoms with Gasteiger partial charge in [-0.1, -0.05) is 97.8 Å². The summed E-state index contributed by atoms with van der Waals surface area (Å²) >= 11 is 0. The van der Waals surface area contributed by atoms with Crippen LogP contribution in [0.25, 0.3) is 0 Å². The van der Waals surface area contributed by atoms with Gasteiger partial charge in [-0.25, -0.2) is 0 Å². The first-order chi connectivity index (χ1) is 17.1. The molecule has 1 N–H and O–H groups in total. The molecule has 0 heterocycles. The Labute approximate surface area is 214 Å². The lowest BCUT2D eigenvalue weighted by Crippen LogP contribution is -2.07. The third kappa shape index (κ3) is 15.6. The van der Waals surface area contributed by atoms with Crippen LogP contribution in [0.2, 0.25) is 0 Å². The van der Waals surface area contributed by atoms with E-state index in [1.54, 1.807) is 0 Å². The third-order valence-corrected chi connectivity index (χ3v) is 6.21. The van der Waals surface area contributed by atoms with Gasteiger partial charge in [0.1, 0.15) is 0 Å². The van der Waals surface area contributed by atoms with Gasteiger partial charge in [0.2, 0.25) is 5.75 Å². The first kappa shape index (κ1) is 31.1. The van der Waals surface area contributed by atoms with E-state index >= 15 is 0 Å². The molecule has 0 radical (unpaired) electrons. The van der Waals surface area contributed by atoms with Gasteiger partial charge in [-0.15, -0.1) is 0 Å². The van der Waals surface area contributed by atoms with Gasteiger partial charge < -0.3 is 19.3 Å². The molecule has 1 rings (SSSR count). The maximum atomic E-state index is 11.2. The zero-order valence-electron chi connectivity index (χ0n) is 22.9. The number of unbranched alkanes of at least 4 members (excludes halogenated alkanes) is 12. The van der Waals surface area contributed by atoms with Crippen molar-refractivity contribution in [1.29, 1.82) is 0 Å². The standard InChI is InChI=1S/C30H52O5/c1-4-7-10-13-16-21-33-27-24-26(19-20-29(31)32)25-28(34-22-17-14-11-8-5-2)30(27)35-23-18-15-12-9-6-3/h24-25H,4-23H2,1-3H3,(H,31,32). The van der Waals surface area contributed by atoms with Crippen LogP contribution in [0.1, 0.15) is 129 Å². The second-order valence-electron chi connectivity index (χ2n) is 9.60. The maximum Gasteiger partial charge on any atom is 0.303 e. The minimum absolute atomic E-state index is 0.0878. The molecule has 0 bridgehead atoms. The maximum absolute atomic E-state index is 11.2. The van der Waals surface area contributed by atoms with Crippen molar-refractivity contribution in [2.24, 2.45) is 0 Å². The molecule has 5 nitrogen and oxygen atoms in total. The molecule has 0 aliphatic carbocycles. The van der Waals surface area contributed by atoms with E-state index in [0.717, 1.165) is 44.1 Å². The fourth-order valence-corrected chi connectivity index (χ4v) is 4.04. The van der Waals surface area contributed by atoms with Crippen LogP contribution < -0.4 is 14.2 Å². The summed E-state index contributed by atoms with van der Waals surface area (Å²) in [6.07, 6.45) is 18.2. The van der Waals surface area contributed by atoms with Crippen LogP contribution in [0.15, 0.2) is 12.1 Å². The Bertz CT molecular complexity index is 621. The summed E-state index contributed by atoms with van der Waals surface area (Å²) in [4.78, 5) is 11.2. The molecule has 5 heteroatoms. The first-order valence-corrected chi connectivity index (χ1v) is 14.4. The van der Waals surface area contributed by atoms with E-state index in [4.69, 9.17) is 14.2 Å². The molecule has 1 aromatic carbocycles. The number of aryl methyl sites for hydroxylation is 1. The predicted octanol–water partition coefficient (Wildman–Crippen LogP) is 8.75. The Morgan fingerprint density at radius 1 is 0.629 bits per heavy atom. The lowest BCUT2D eigenvalue weighted by Gasteiger charge is -2.19. The van der Waals surface area contributed by atoms with Crippen molar-refractivity contribution in [2.75, 3.05) is 19.8 Å². The van der Waals surface area contributed by atoms with Crippen LogP contribution in [0.4, 0.5) is 0 Å². The Balaban J connectivity index is 2.91. The van der Waals surface area contributed by atoms with Crippen molar-refractivity contribution in [3.8, 4) is 17.2 Å². The molecule has 0 atom stereocenters. The minimum atomic E-state index is -0.797. The predicted molar refractivity (Wildman–Crippen MR) is 145 cm³/mol. The largest absolute Gasteiger partial charge is 0.490 e. The second-order valence-corrected chi connectivity index (χ2v) is 9.60. The summed E-state index contributed by atoms with van der Waals surface area (Å²) in [6, 6.07) is 3.91. The summed E-state index contributed by atoms with van der Waals surface area (Å²) in [5, 5.41) is 9.17. The van der Waals surface area contributed by atoms with Gasteiger partial charge >= 0.3 is 5.97 Å². The summed E-state index contributed by atoms with van der Waals surface area (Å²) in [7, 11) is 0. The molecular weight excluding hydrogens is 440 g/mol. The highest BCUT2D eigenvalue weighted by atomic mass is 16.5. The smallest absolute Gasteiger partial charge is 0.303 e. The topological polar surface area (TPSA) is 65.0 Å². The highest BCUT2D eigenvalue weighted by Crippen LogP contribution is 2.40. The number of rotatable bonds is 24. The Hall–Kier alpha value is -1.91. The minimum Gasteiger partial charge on any atom is -0.490 e. The number of benzene rings is 1. The average molecular weight is 493 g/mol. The molecular formula is C30H52O5. The van der Waals surface area contributed by atoms with Gasteiger partial charge in [-0.3, -0.25) is 4.79 Å². The number of hydrogen-bond donors (Lipinski definition) is 1. The molecule has 0 saturated carbocycles. The van der Waals surface area contributed by atoms with Crippen molar-refractivity contribution in [2.45, 2.75) is 130 Å². The van der Waals surface area contributed by atoms with Crippen molar-refractivity contribution in [3.63, 3.8) is 0 Å². The van der Waals surface area contributed by atoms with Crippen LogP contribution in [-0.2, 0) is 11.2 Å². The van der Waals surface area contributed by atoms with Gasteiger partial charge in [-0.2, -0.15) is 0 Å². The lowest BCUT2D eigenvalue weighted by atomic mass is 10.1. The van der Waals surface area contributed by atoms with E-state index in [1.165, 1.54) is 57.8 Å². The Morgan fingerprint density at radius 3 is 1.43 bits per heavy atom. The van der Waals surface area contributed by atoms with E-state index in [0.29, 0.717) is 43.5 Å². The normalized spacial score (nSPS) is 10.9. The molecule has 0 saturated heterocycles. The monoisotopic (exact) mass is 492 g/mol. The SMILES string of the molecule is CCCCCCCOc1cc(CCC(=O)O)cc(OCCCCCCC)c1OCCCCCCC. The molecule has 0 amide bonds. The highest BCUT2D eigenvalue weighted by molar-refractivity contribution is 5.67. The summed E-state index contributed by atoms with van der Waals surface area (Å²) in [5.74, 6) is 1.27. The van der Waals surface area contributed by atoms with Crippen molar-refractivity contribution < 1.29 is 24.1 Å². The van der Waals surface area contributed by atoms with E-state index in [2.05, 4.69) is 20.8 Å². The Morgan fingerprint density at radius 2 is 1.03 bits per heavy atom. The molecule has 0 aliphatic heterocycles. The summed E-state index contributed by atoms with van der Waals surface area (Å²) in [5.41, 5.74) is 0.921. The van der Waals surface area contributed by atoms with E-state index in [9.17, 15) is 9.90 Å². The molecule has 202 valence electrons. The van der Waals surface area contributed by atoms with Crippen molar-refractivity contribution in [1.82, 2.24) is 0 Å². The number of carboxylic acids is 1. The van der Waals surface area contributed by atoms with Crippen molar-refractivity contribution >= 4 is 5.97 Å². The van der Waals surface area contributed by atoms with Crippen LogP contribution in [0.5, 0.6) is 17.2 Å². The van der Waals surface area contributed by atoms with Gasteiger partial charge in [-0.05, 0) is 43.4 Å². The fourth-order valence-electron chi connectivity index (χ4n) is 4.04. The van der Waals surface area contributed by atoms with E-state index < -0.39 is 5.97 Å². The molecule has 0 fully saturated rings. The summed E-state index contributed by atoms with van der Waals surface area (Å²) < 4.78 is 18.7. The molecule has 0 unspecified atom stereocenters. The molecule has 0 spiro atoms. The van der Waals surface area contributed by atoms with Crippen LogP contribution >= 0.6 is 0 Å². The fraction of sp³-hybridized carbons (Fsp3) is 0.767. The number of ether oxygens (including phenoxy) is 3. The molecule has 1 aromatic rings. The van der Waals surface area contributed by atoms with Crippen LogP contribution in [0, 0.1) is 0 Å². The highest BCUT2D eigenvalue weighted by Gasteiger charge is 2.16. The number of hydrogen-bond acceptors (Lipinski definition) is 4. The molecule has 0 aliphatic rings. The number of carbonyl (C=O) groups is 1. The van der Waals surface area contributed by atoms with E-state index in [1.807, 2.05) is 12.1 Å². The quantitative estimate of drug-likeness (QED) is 0.146. The summed E-state index contributed by atoms with van der Waals surface area (Å²) in [6.45, 7) is 8.57. The van der Waals surface area contributed by atoms with Crippen LogP contribution in [0.3, 0.4) is 0 Å². The van der Waals surface area contributed by atoms with Crippen LogP contribution in [-0.4, -0.2) is 30.9 Å². The Kier molecular flexibility index (Phi) is 19.0. The lowest BCUT2D eigenvalue weighted by molar-refractivity contribution is -0.136. The van der Waals surface area contributed by atoms with Gasteiger partial charge in [0.05, 0.1) is 19.8 Å². The second kappa shape index (κ2) is 21.4. The number of aliphatic carboxylic acids is 1.